The second-order valence-electron chi connectivity index (χ2n) is 11.4. The average Bonchev–Trinajstić information content (AvgIpc) is 3.58. The number of imidazole rings is 1. The molecule has 11 nitrogen and oxygen atoms in total. The van der Waals surface area contributed by atoms with Gasteiger partial charge in [0.25, 0.3) is 0 Å². The van der Waals surface area contributed by atoms with Crippen molar-refractivity contribution in [3.8, 4) is 11.7 Å². The summed E-state index contributed by atoms with van der Waals surface area (Å²) in [6, 6.07) is 13.7. The molecule has 0 bridgehead atoms. The number of nitrogens with one attached hydrogen (secondary N) is 2. The second-order valence-corrected chi connectivity index (χ2v) is 12.2. The van der Waals surface area contributed by atoms with Crippen LogP contribution >= 0.6 is 23.2 Å². The summed E-state index contributed by atoms with van der Waals surface area (Å²) in [5.74, 6) is 1.95. The van der Waals surface area contributed by atoms with Gasteiger partial charge in [0.05, 0.1) is 34.4 Å². The van der Waals surface area contributed by atoms with Crippen LogP contribution in [0.4, 0.5) is 16.3 Å². The first-order chi connectivity index (χ1) is 22.1. The first-order valence-electron chi connectivity index (χ1n) is 15.3. The molecule has 1 fully saturated rings. The number of aromatic nitrogens is 4. The molecule has 0 radical (unpaired) electrons. The first kappa shape index (κ1) is 33.0. The van der Waals surface area contributed by atoms with E-state index in [0.717, 1.165) is 17.0 Å². The van der Waals surface area contributed by atoms with Gasteiger partial charge >= 0.3 is 6.03 Å². The van der Waals surface area contributed by atoms with Crippen LogP contribution in [0.1, 0.15) is 57.3 Å². The van der Waals surface area contributed by atoms with E-state index in [-0.39, 0.29) is 36.4 Å². The molecule has 46 heavy (non-hydrogen) atoms. The third kappa shape index (κ3) is 8.07. The summed E-state index contributed by atoms with van der Waals surface area (Å²) in [7, 11) is 0. The molecule has 2 atom stereocenters. The summed E-state index contributed by atoms with van der Waals surface area (Å²) in [5, 5.41) is 6.78. The number of piperazine rings is 1. The number of anilines is 2. The zero-order valence-corrected chi connectivity index (χ0v) is 27.8. The van der Waals surface area contributed by atoms with Gasteiger partial charge in [-0.05, 0) is 55.7 Å². The Hall–Kier alpha value is -4.35. The summed E-state index contributed by atoms with van der Waals surface area (Å²) in [5.41, 5.74) is 2.35. The SMILES string of the molecule is CCOc1ccc(C(C)NC(=O)CC2CN(C(=O)Nc3ccc(Cl)c(Cl)c3)CCN2c2cc(C(C)C)nc(-n3ccnc3)n2)cc1. The fourth-order valence-corrected chi connectivity index (χ4v) is 5.58. The molecular weight excluding hydrogens is 627 g/mol. The minimum absolute atomic E-state index is 0.138. The number of hydrogen-bond donors (Lipinski definition) is 2. The Balaban J connectivity index is 1.38. The summed E-state index contributed by atoms with van der Waals surface area (Å²) in [6.07, 6.45) is 5.26. The lowest BCUT2D eigenvalue weighted by molar-refractivity contribution is -0.122. The maximum atomic E-state index is 13.6. The van der Waals surface area contributed by atoms with Gasteiger partial charge < -0.3 is 25.2 Å². The predicted octanol–water partition coefficient (Wildman–Crippen LogP) is 6.48. The van der Waals surface area contributed by atoms with Crippen molar-refractivity contribution in [3.05, 3.63) is 88.6 Å². The molecule has 0 spiro atoms. The van der Waals surface area contributed by atoms with Crippen LogP contribution in [-0.2, 0) is 4.79 Å². The Kier molecular flexibility index (Phi) is 10.6. The zero-order valence-electron chi connectivity index (χ0n) is 26.3. The van der Waals surface area contributed by atoms with E-state index in [9.17, 15) is 9.59 Å². The van der Waals surface area contributed by atoms with Crippen molar-refractivity contribution < 1.29 is 14.3 Å². The van der Waals surface area contributed by atoms with Gasteiger partial charge in [0.2, 0.25) is 11.9 Å². The lowest BCUT2D eigenvalue weighted by atomic mass is 10.0. The molecule has 2 aromatic carbocycles. The predicted molar refractivity (Wildman–Crippen MR) is 180 cm³/mol. The lowest BCUT2D eigenvalue weighted by Gasteiger charge is -2.42. The molecular formula is C33H38Cl2N8O3. The standard InChI is InChI=1S/C33H38Cl2N8O3/c1-5-46-26-9-6-23(7-10-26)22(4)37-31(44)17-25-19-41(33(45)38-24-8-11-27(34)28(35)16-24)14-15-43(25)30-18-29(21(2)3)39-32(40-30)42-13-12-36-20-42/h6-13,16,18,20-22,25H,5,14-15,17,19H2,1-4H3,(H,37,44)(H,38,45). The van der Waals surface area contributed by atoms with Crippen molar-refractivity contribution in [1.29, 1.82) is 0 Å². The van der Waals surface area contributed by atoms with Gasteiger partial charge in [-0.3, -0.25) is 9.36 Å². The zero-order chi connectivity index (χ0) is 32.8. The number of nitrogens with zero attached hydrogens (tertiary/aromatic N) is 6. The van der Waals surface area contributed by atoms with E-state index >= 15 is 0 Å². The summed E-state index contributed by atoms with van der Waals surface area (Å²) >= 11 is 12.2. The van der Waals surface area contributed by atoms with E-state index < -0.39 is 0 Å². The van der Waals surface area contributed by atoms with Crippen LogP contribution in [0, 0.1) is 0 Å². The van der Waals surface area contributed by atoms with Gasteiger partial charge in [-0.1, -0.05) is 49.2 Å². The fourth-order valence-electron chi connectivity index (χ4n) is 5.29. The highest BCUT2D eigenvalue weighted by molar-refractivity contribution is 6.42. The molecule has 0 saturated carbocycles. The third-order valence-electron chi connectivity index (χ3n) is 7.77. The lowest BCUT2D eigenvalue weighted by Crippen LogP contribution is -2.57. The molecule has 13 heteroatoms. The molecule has 1 aliphatic rings. The van der Waals surface area contributed by atoms with Gasteiger partial charge in [-0.25, -0.2) is 14.8 Å². The molecule has 1 aliphatic heterocycles. The molecule has 4 aromatic rings. The number of carbonyl (C=O) groups is 2. The average molecular weight is 666 g/mol. The molecule has 2 N–H and O–H groups in total. The van der Waals surface area contributed by atoms with Gasteiger partial charge in [-0.15, -0.1) is 0 Å². The minimum atomic E-state index is -0.369. The van der Waals surface area contributed by atoms with Crippen molar-refractivity contribution in [3.63, 3.8) is 0 Å². The summed E-state index contributed by atoms with van der Waals surface area (Å²) in [4.78, 5) is 44.5. The molecule has 3 heterocycles. The number of amides is 3. The van der Waals surface area contributed by atoms with Crippen LogP contribution in [0.25, 0.3) is 5.95 Å². The molecule has 2 aromatic heterocycles. The summed E-state index contributed by atoms with van der Waals surface area (Å²) < 4.78 is 7.31. The molecule has 242 valence electrons. The topological polar surface area (TPSA) is 118 Å². The highest BCUT2D eigenvalue weighted by atomic mass is 35.5. The first-order valence-corrected chi connectivity index (χ1v) is 16.0. The Morgan fingerprint density at radius 3 is 2.48 bits per heavy atom. The summed E-state index contributed by atoms with van der Waals surface area (Å²) in [6.45, 7) is 9.77. The van der Waals surface area contributed by atoms with Crippen LogP contribution in [0.3, 0.4) is 0 Å². The van der Waals surface area contributed by atoms with Crippen molar-refractivity contribution >= 4 is 46.6 Å². The van der Waals surface area contributed by atoms with Gasteiger partial charge in [0.1, 0.15) is 17.9 Å². The smallest absolute Gasteiger partial charge is 0.321 e. The highest BCUT2D eigenvalue weighted by Gasteiger charge is 2.33. The highest BCUT2D eigenvalue weighted by Crippen LogP contribution is 2.28. The van der Waals surface area contributed by atoms with Crippen molar-refractivity contribution in [2.24, 2.45) is 0 Å². The normalized spacial score (nSPS) is 15.5. The number of benzene rings is 2. The Morgan fingerprint density at radius 2 is 1.80 bits per heavy atom. The third-order valence-corrected chi connectivity index (χ3v) is 8.51. The van der Waals surface area contributed by atoms with E-state index in [4.69, 9.17) is 37.9 Å². The van der Waals surface area contributed by atoms with Crippen LogP contribution in [0.2, 0.25) is 10.0 Å². The van der Waals surface area contributed by atoms with Crippen molar-refractivity contribution in [1.82, 2.24) is 29.7 Å². The van der Waals surface area contributed by atoms with Gasteiger partial charge in [0.15, 0.2) is 0 Å². The number of halogens is 2. The van der Waals surface area contributed by atoms with E-state index in [1.54, 1.807) is 46.4 Å². The Labute approximate surface area is 278 Å². The van der Waals surface area contributed by atoms with E-state index in [0.29, 0.717) is 53.7 Å². The fraction of sp³-hybridized carbons (Fsp3) is 0.364. The van der Waals surface area contributed by atoms with Crippen LogP contribution in [0.15, 0.2) is 67.3 Å². The Bertz CT molecular complexity index is 1650. The van der Waals surface area contributed by atoms with E-state index in [1.165, 1.54) is 0 Å². The van der Waals surface area contributed by atoms with Gasteiger partial charge in [-0.2, -0.15) is 4.98 Å². The van der Waals surface area contributed by atoms with Crippen LogP contribution in [-0.4, -0.2) is 68.6 Å². The van der Waals surface area contributed by atoms with Crippen LogP contribution < -0.4 is 20.3 Å². The number of hydrogen-bond acceptors (Lipinski definition) is 7. The molecule has 1 saturated heterocycles. The van der Waals surface area contributed by atoms with Crippen molar-refractivity contribution in [2.75, 3.05) is 36.5 Å². The van der Waals surface area contributed by atoms with E-state index in [1.807, 2.05) is 44.2 Å². The molecule has 0 aliphatic carbocycles. The van der Waals surface area contributed by atoms with E-state index in [2.05, 4.69) is 34.4 Å². The quantitative estimate of drug-likeness (QED) is 0.199. The Morgan fingerprint density at radius 1 is 1.02 bits per heavy atom. The molecule has 3 amide bonds. The number of rotatable bonds is 10. The number of urea groups is 1. The van der Waals surface area contributed by atoms with Crippen LogP contribution in [0.5, 0.6) is 5.75 Å². The minimum Gasteiger partial charge on any atom is -0.494 e. The van der Waals surface area contributed by atoms with Gasteiger partial charge in [0, 0.05) is 50.2 Å². The monoisotopic (exact) mass is 664 g/mol. The largest absolute Gasteiger partial charge is 0.494 e. The maximum absolute atomic E-state index is 13.6. The molecule has 2 unspecified atom stereocenters. The second kappa shape index (κ2) is 14.8. The number of ether oxygens (including phenoxy) is 1. The number of carbonyl (C=O) groups excluding carboxylic acids is 2. The molecule has 5 rings (SSSR count). The van der Waals surface area contributed by atoms with Crippen molar-refractivity contribution in [2.45, 2.75) is 52.1 Å². The maximum Gasteiger partial charge on any atom is 0.321 e.